The SMILES string of the molecule is CSCCc1nn(-c2ccccc2F)c2c1CCCCN2. The minimum atomic E-state index is -0.231. The predicted molar refractivity (Wildman–Crippen MR) is 87.0 cm³/mol. The van der Waals surface area contributed by atoms with Crippen LogP contribution in [0.15, 0.2) is 24.3 Å². The van der Waals surface area contributed by atoms with Crippen molar-refractivity contribution in [3.8, 4) is 5.69 Å². The number of nitrogens with one attached hydrogen (secondary N) is 1. The van der Waals surface area contributed by atoms with Crippen molar-refractivity contribution in [1.29, 1.82) is 0 Å². The monoisotopic (exact) mass is 305 g/mol. The number of anilines is 1. The molecule has 112 valence electrons. The quantitative estimate of drug-likeness (QED) is 0.935. The molecule has 0 bridgehead atoms. The Balaban J connectivity index is 2.08. The average molecular weight is 305 g/mol. The van der Waals surface area contributed by atoms with Gasteiger partial charge in [0.05, 0.1) is 5.69 Å². The zero-order valence-corrected chi connectivity index (χ0v) is 13.0. The molecule has 1 aliphatic rings. The van der Waals surface area contributed by atoms with E-state index >= 15 is 0 Å². The standard InChI is InChI=1S/C16H20FN3S/c1-21-11-9-14-12-6-4-5-10-18-16(12)20(19-14)15-8-3-2-7-13(15)17/h2-3,7-8,18H,4-6,9-11H2,1H3. The summed E-state index contributed by atoms with van der Waals surface area (Å²) < 4.78 is 15.9. The van der Waals surface area contributed by atoms with E-state index < -0.39 is 0 Å². The summed E-state index contributed by atoms with van der Waals surface area (Å²) in [6.45, 7) is 0.926. The second-order valence-electron chi connectivity index (χ2n) is 5.26. The van der Waals surface area contributed by atoms with Crippen LogP contribution in [0.3, 0.4) is 0 Å². The van der Waals surface area contributed by atoms with Crippen molar-refractivity contribution in [3.05, 3.63) is 41.3 Å². The van der Waals surface area contributed by atoms with Gasteiger partial charge in [-0.25, -0.2) is 9.07 Å². The number of rotatable bonds is 4. The van der Waals surface area contributed by atoms with Crippen molar-refractivity contribution in [2.75, 3.05) is 23.9 Å². The Kier molecular flexibility index (Phi) is 4.48. The molecule has 0 fully saturated rings. The highest BCUT2D eigenvalue weighted by Gasteiger charge is 2.21. The lowest BCUT2D eigenvalue weighted by molar-refractivity contribution is 0.610. The highest BCUT2D eigenvalue weighted by molar-refractivity contribution is 7.98. The first-order chi connectivity index (χ1) is 10.3. The van der Waals surface area contributed by atoms with Crippen LogP contribution < -0.4 is 5.32 Å². The van der Waals surface area contributed by atoms with Crippen LogP contribution in [0.1, 0.15) is 24.1 Å². The maximum Gasteiger partial charge on any atom is 0.148 e. The number of halogens is 1. The summed E-state index contributed by atoms with van der Waals surface area (Å²) >= 11 is 1.82. The van der Waals surface area contributed by atoms with Gasteiger partial charge in [-0.1, -0.05) is 12.1 Å². The van der Waals surface area contributed by atoms with E-state index in [2.05, 4.69) is 11.6 Å². The van der Waals surface area contributed by atoms with Crippen LogP contribution in [0, 0.1) is 5.82 Å². The zero-order valence-electron chi connectivity index (χ0n) is 12.2. The number of hydrogen-bond donors (Lipinski definition) is 1. The normalized spacial score (nSPS) is 14.4. The number of thioether (sulfide) groups is 1. The van der Waals surface area contributed by atoms with E-state index in [1.807, 2.05) is 17.8 Å². The maximum absolute atomic E-state index is 14.1. The molecule has 3 nitrogen and oxygen atoms in total. The number of aryl methyl sites for hydroxylation is 1. The number of aromatic nitrogens is 2. The maximum atomic E-state index is 14.1. The first-order valence-corrected chi connectivity index (χ1v) is 8.79. The first kappa shape index (κ1) is 14.4. The molecule has 1 aromatic carbocycles. The summed E-state index contributed by atoms with van der Waals surface area (Å²) in [5.74, 6) is 1.79. The average Bonchev–Trinajstić information content (AvgIpc) is 2.68. The summed E-state index contributed by atoms with van der Waals surface area (Å²) in [5.41, 5.74) is 2.90. The van der Waals surface area contributed by atoms with E-state index in [9.17, 15) is 4.39 Å². The topological polar surface area (TPSA) is 29.9 Å². The Morgan fingerprint density at radius 3 is 3.00 bits per heavy atom. The van der Waals surface area contributed by atoms with E-state index in [1.165, 1.54) is 11.6 Å². The van der Waals surface area contributed by atoms with Crippen LogP contribution in [0.4, 0.5) is 10.2 Å². The molecule has 0 atom stereocenters. The molecule has 2 heterocycles. The van der Waals surface area contributed by atoms with E-state index in [0.29, 0.717) is 5.69 Å². The third-order valence-electron chi connectivity index (χ3n) is 3.84. The molecular weight excluding hydrogens is 285 g/mol. The molecule has 0 unspecified atom stereocenters. The summed E-state index contributed by atoms with van der Waals surface area (Å²) in [6.07, 6.45) is 6.38. The van der Waals surface area contributed by atoms with Crippen LogP contribution >= 0.6 is 11.8 Å². The van der Waals surface area contributed by atoms with Crippen LogP contribution in [0.25, 0.3) is 5.69 Å². The molecule has 0 amide bonds. The fraction of sp³-hybridized carbons (Fsp3) is 0.438. The van der Waals surface area contributed by atoms with Crippen molar-refractivity contribution in [2.45, 2.75) is 25.7 Å². The van der Waals surface area contributed by atoms with Gasteiger partial charge in [-0.3, -0.25) is 0 Å². The molecule has 0 aliphatic carbocycles. The van der Waals surface area contributed by atoms with Crippen molar-refractivity contribution in [2.24, 2.45) is 0 Å². The Morgan fingerprint density at radius 2 is 2.19 bits per heavy atom. The fourth-order valence-electron chi connectivity index (χ4n) is 2.77. The zero-order chi connectivity index (χ0) is 14.7. The Bertz CT molecular complexity index is 624. The Morgan fingerprint density at radius 1 is 1.33 bits per heavy atom. The number of hydrogen-bond acceptors (Lipinski definition) is 3. The van der Waals surface area contributed by atoms with Gasteiger partial charge in [-0.15, -0.1) is 0 Å². The van der Waals surface area contributed by atoms with Gasteiger partial charge in [0.2, 0.25) is 0 Å². The van der Waals surface area contributed by atoms with Crippen molar-refractivity contribution >= 4 is 17.6 Å². The molecule has 0 spiro atoms. The lowest BCUT2D eigenvalue weighted by Crippen LogP contribution is -2.08. The second kappa shape index (κ2) is 6.52. The van der Waals surface area contributed by atoms with Crippen LogP contribution in [-0.2, 0) is 12.8 Å². The van der Waals surface area contributed by atoms with E-state index in [0.717, 1.165) is 49.5 Å². The minimum Gasteiger partial charge on any atom is -0.370 e. The van der Waals surface area contributed by atoms with E-state index in [4.69, 9.17) is 5.10 Å². The van der Waals surface area contributed by atoms with Gasteiger partial charge in [0.25, 0.3) is 0 Å². The highest BCUT2D eigenvalue weighted by atomic mass is 32.2. The van der Waals surface area contributed by atoms with E-state index in [-0.39, 0.29) is 5.82 Å². The Hall–Kier alpha value is -1.49. The van der Waals surface area contributed by atoms with Crippen molar-refractivity contribution < 1.29 is 4.39 Å². The summed E-state index contributed by atoms with van der Waals surface area (Å²) in [4.78, 5) is 0. The van der Waals surface area contributed by atoms with Gasteiger partial charge in [-0.2, -0.15) is 16.9 Å². The molecule has 3 rings (SSSR count). The number of para-hydroxylation sites is 1. The van der Waals surface area contributed by atoms with Crippen molar-refractivity contribution in [1.82, 2.24) is 9.78 Å². The van der Waals surface area contributed by atoms with Gasteiger partial charge in [-0.05, 0) is 43.4 Å². The molecule has 2 aromatic rings. The van der Waals surface area contributed by atoms with Crippen LogP contribution in [0.2, 0.25) is 0 Å². The van der Waals surface area contributed by atoms with E-state index in [1.54, 1.807) is 16.8 Å². The summed E-state index contributed by atoms with van der Waals surface area (Å²) in [7, 11) is 0. The number of nitrogens with zero attached hydrogens (tertiary/aromatic N) is 2. The fourth-order valence-corrected chi connectivity index (χ4v) is 3.17. The number of benzene rings is 1. The molecule has 0 saturated heterocycles. The molecule has 1 aliphatic heterocycles. The number of fused-ring (bicyclic) bond motifs is 1. The van der Waals surface area contributed by atoms with Gasteiger partial charge in [0, 0.05) is 18.5 Å². The summed E-state index contributed by atoms with van der Waals surface area (Å²) in [6, 6.07) is 6.84. The molecule has 0 saturated carbocycles. The first-order valence-electron chi connectivity index (χ1n) is 7.39. The van der Waals surface area contributed by atoms with Crippen LogP contribution in [-0.4, -0.2) is 28.3 Å². The van der Waals surface area contributed by atoms with Gasteiger partial charge >= 0.3 is 0 Å². The second-order valence-corrected chi connectivity index (χ2v) is 6.25. The molecule has 21 heavy (non-hydrogen) atoms. The minimum absolute atomic E-state index is 0.231. The largest absolute Gasteiger partial charge is 0.370 e. The third-order valence-corrected chi connectivity index (χ3v) is 4.45. The Labute approximate surface area is 128 Å². The predicted octanol–water partition coefficient (Wildman–Crippen LogP) is 3.67. The molecule has 0 radical (unpaired) electrons. The third kappa shape index (κ3) is 2.93. The van der Waals surface area contributed by atoms with Gasteiger partial charge < -0.3 is 5.32 Å². The summed E-state index contributed by atoms with van der Waals surface area (Å²) in [5, 5.41) is 8.15. The lowest BCUT2D eigenvalue weighted by Gasteiger charge is -2.09. The highest BCUT2D eigenvalue weighted by Crippen LogP contribution is 2.29. The molecule has 1 N–H and O–H groups in total. The lowest BCUT2D eigenvalue weighted by atomic mass is 10.1. The molecular formula is C16H20FN3S. The molecule has 1 aromatic heterocycles. The van der Waals surface area contributed by atoms with Crippen molar-refractivity contribution in [3.63, 3.8) is 0 Å². The smallest absolute Gasteiger partial charge is 0.148 e. The van der Waals surface area contributed by atoms with Gasteiger partial charge in [0.1, 0.15) is 17.3 Å². The molecule has 5 heteroatoms. The van der Waals surface area contributed by atoms with Crippen LogP contribution in [0.5, 0.6) is 0 Å². The van der Waals surface area contributed by atoms with Gasteiger partial charge in [0.15, 0.2) is 0 Å².